The van der Waals surface area contributed by atoms with Crippen molar-refractivity contribution in [1.29, 1.82) is 0 Å². The Balaban J connectivity index is 2.88. The smallest absolute Gasteiger partial charge is 0.188 e. The van der Waals surface area contributed by atoms with Crippen molar-refractivity contribution in [3.63, 3.8) is 0 Å². The molecule has 0 aliphatic heterocycles. The van der Waals surface area contributed by atoms with Crippen LogP contribution in [0.5, 0.6) is 0 Å². The van der Waals surface area contributed by atoms with Gasteiger partial charge in [0.15, 0.2) is 5.78 Å². The Bertz CT molecular complexity index is 315. The van der Waals surface area contributed by atoms with Gasteiger partial charge in [0.2, 0.25) is 0 Å². The quantitative estimate of drug-likeness (QED) is 0.727. The molecule has 0 radical (unpaired) electrons. The van der Waals surface area contributed by atoms with Crippen LogP contribution < -0.4 is 0 Å². The summed E-state index contributed by atoms with van der Waals surface area (Å²) in [6.45, 7) is 4.09. The van der Waals surface area contributed by atoms with Crippen LogP contribution in [0.3, 0.4) is 0 Å². The van der Waals surface area contributed by atoms with Crippen LogP contribution in [0.25, 0.3) is 0 Å². The molecule has 1 atom stereocenters. The van der Waals surface area contributed by atoms with Crippen LogP contribution in [0.4, 0.5) is 0 Å². The van der Waals surface area contributed by atoms with E-state index in [1.807, 2.05) is 13.8 Å². The van der Waals surface area contributed by atoms with E-state index in [2.05, 4.69) is 0 Å². The van der Waals surface area contributed by atoms with Crippen molar-refractivity contribution in [2.45, 2.75) is 26.4 Å². The summed E-state index contributed by atoms with van der Waals surface area (Å²) >= 11 is 0. The second-order valence-corrected chi connectivity index (χ2v) is 4.20. The van der Waals surface area contributed by atoms with Gasteiger partial charge in [0, 0.05) is 5.57 Å². The van der Waals surface area contributed by atoms with E-state index in [0.717, 1.165) is 0 Å². The van der Waals surface area contributed by atoms with Gasteiger partial charge < -0.3 is 14.9 Å². The van der Waals surface area contributed by atoms with E-state index in [-0.39, 0.29) is 19.0 Å². The number of ether oxygens (including phenoxy) is 1. The summed E-state index contributed by atoms with van der Waals surface area (Å²) in [5, 5.41) is 18.4. The predicted molar refractivity (Wildman–Crippen MR) is 59.7 cm³/mol. The Kier molecular flexibility index (Phi) is 4.71. The van der Waals surface area contributed by atoms with Gasteiger partial charge in [0.1, 0.15) is 18.5 Å². The number of carbonyl (C=O) groups is 1. The van der Waals surface area contributed by atoms with Crippen molar-refractivity contribution >= 4 is 5.78 Å². The minimum Gasteiger partial charge on any atom is -0.491 e. The Morgan fingerprint density at radius 1 is 1.44 bits per heavy atom. The van der Waals surface area contributed by atoms with E-state index in [1.165, 1.54) is 6.08 Å². The molecule has 0 saturated carbocycles. The standard InChI is InChI=1S/C12H18O4/c1-8(2)7-9-11(16-6-5-13)4-3-10(14)12(9)15/h3-4,8,12-13,15H,5-7H2,1-2H3. The number of ketones is 1. The van der Waals surface area contributed by atoms with Crippen molar-refractivity contribution in [3.8, 4) is 0 Å². The van der Waals surface area contributed by atoms with Crippen LogP contribution in [0.15, 0.2) is 23.5 Å². The number of hydrogen-bond acceptors (Lipinski definition) is 4. The monoisotopic (exact) mass is 226 g/mol. The first-order chi connectivity index (χ1) is 7.56. The maximum absolute atomic E-state index is 11.3. The Hall–Kier alpha value is -1.13. The fraction of sp³-hybridized carbons (Fsp3) is 0.583. The van der Waals surface area contributed by atoms with E-state index in [9.17, 15) is 9.90 Å². The second kappa shape index (κ2) is 5.82. The van der Waals surface area contributed by atoms with Crippen LogP contribution in [0, 0.1) is 5.92 Å². The summed E-state index contributed by atoms with van der Waals surface area (Å²) in [5.41, 5.74) is 0.607. The third-order valence-electron chi connectivity index (χ3n) is 2.29. The average Bonchev–Trinajstić information content (AvgIpc) is 2.23. The molecule has 0 saturated heterocycles. The number of rotatable bonds is 5. The van der Waals surface area contributed by atoms with Gasteiger partial charge in [-0.05, 0) is 24.5 Å². The van der Waals surface area contributed by atoms with Gasteiger partial charge in [-0.1, -0.05) is 13.8 Å². The lowest BCUT2D eigenvalue weighted by atomic mass is 9.92. The Labute approximate surface area is 95.2 Å². The molecule has 1 unspecified atom stereocenters. The molecular formula is C12H18O4. The molecule has 0 amide bonds. The minimum absolute atomic E-state index is 0.0870. The van der Waals surface area contributed by atoms with Gasteiger partial charge in [-0.15, -0.1) is 0 Å². The zero-order valence-electron chi connectivity index (χ0n) is 9.64. The summed E-state index contributed by atoms with van der Waals surface area (Å²) in [6.07, 6.45) is 2.38. The van der Waals surface area contributed by atoms with Crippen molar-refractivity contribution < 1.29 is 19.7 Å². The molecule has 90 valence electrons. The lowest BCUT2D eigenvalue weighted by molar-refractivity contribution is -0.121. The maximum Gasteiger partial charge on any atom is 0.188 e. The highest BCUT2D eigenvalue weighted by molar-refractivity contribution is 5.97. The van der Waals surface area contributed by atoms with Gasteiger partial charge in [-0.25, -0.2) is 0 Å². The number of hydrogen-bond donors (Lipinski definition) is 2. The van der Waals surface area contributed by atoms with Crippen LogP contribution in [0.1, 0.15) is 20.3 Å². The van der Waals surface area contributed by atoms with Crippen LogP contribution in [-0.4, -0.2) is 35.3 Å². The molecule has 0 aromatic carbocycles. The third kappa shape index (κ3) is 3.18. The lowest BCUT2D eigenvalue weighted by Gasteiger charge is -2.21. The first kappa shape index (κ1) is 12.9. The van der Waals surface area contributed by atoms with Gasteiger partial charge in [0.25, 0.3) is 0 Å². The summed E-state index contributed by atoms with van der Waals surface area (Å²) < 4.78 is 5.29. The fourth-order valence-corrected chi connectivity index (χ4v) is 1.61. The number of carbonyl (C=O) groups excluding carboxylic acids is 1. The number of aliphatic hydroxyl groups excluding tert-OH is 2. The van der Waals surface area contributed by atoms with E-state index >= 15 is 0 Å². The number of aliphatic hydroxyl groups is 2. The highest BCUT2D eigenvalue weighted by Crippen LogP contribution is 2.24. The first-order valence-electron chi connectivity index (χ1n) is 5.43. The number of allylic oxidation sites excluding steroid dienone is 1. The highest BCUT2D eigenvalue weighted by atomic mass is 16.5. The molecule has 4 heteroatoms. The molecule has 2 N–H and O–H groups in total. The molecule has 1 aliphatic rings. The third-order valence-corrected chi connectivity index (χ3v) is 2.29. The van der Waals surface area contributed by atoms with E-state index < -0.39 is 6.10 Å². The van der Waals surface area contributed by atoms with Crippen molar-refractivity contribution in [1.82, 2.24) is 0 Å². The average molecular weight is 226 g/mol. The topological polar surface area (TPSA) is 66.8 Å². The van der Waals surface area contributed by atoms with Crippen LogP contribution in [-0.2, 0) is 9.53 Å². The molecule has 4 nitrogen and oxygen atoms in total. The molecule has 16 heavy (non-hydrogen) atoms. The SMILES string of the molecule is CC(C)CC1=C(OCCO)C=CC(=O)C1O. The van der Waals surface area contributed by atoms with Gasteiger partial charge in [-0.2, -0.15) is 0 Å². The van der Waals surface area contributed by atoms with Crippen LogP contribution >= 0.6 is 0 Å². The van der Waals surface area contributed by atoms with Gasteiger partial charge in [0.05, 0.1) is 6.61 Å². The summed E-state index contributed by atoms with van der Waals surface area (Å²) in [5.74, 6) is 0.526. The Morgan fingerprint density at radius 3 is 2.69 bits per heavy atom. The van der Waals surface area contributed by atoms with Crippen molar-refractivity contribution in [3.05, 3.63) is 23.5 Å². The van der Waals surface area contributed by atoms with E-state index in [0.29, 0.717) is 23.7 Å². The predicted octanol–water partition coefficient (Wildman–Crippen LogP) is 0.795. The molecule has 0 heterocycles. The minimum atomic E-state index is -1.10. The zero-order valence-corrected chi connectivity index (χ0v) is 9.64. The summed E-state index contributed by atoms with van der Waals surface area (Å²) in [6, 6.07) is 0. The highest BCUT2D eigenvalue weighted by Gasteiger charge is 2.25. The Morgan fingerprint density at radius 2 is 2.12 bits per heavy atom. The van der Waals surface area contributed by atoms with Crippen molar-refractivity contribution in [2.75, 3.05) is 13.2 Å². The molecule has 0 spiro atoms. The fourth-order valence-electron chi connectivity index (χ4n) is 1.61. The molecule has 0 bridgehead atoms. The summed E-state index contributed by atoms with van der Waals surface area (Å²) in [7, 11) is 0. The second-order valence-electron chi connectivity index (χ2n) is 4.20. The maximum atomic E-state index is 11.3. The molecular weight excluding hydrogens is 208 g/mol. The first-order valence-corrected chi connectivity index (χ1v) is 5.43. The van der Waals surface area contributed by atoms with E-state index in [4.69, 9.17) is 9.84 Å². The molecule has 1 aliphatic carbocycles. The molecule has 0 aromatic heterocycles. The van der Waals surface area contributed by atoms with E-state index in [1.54, 1.807) is 6.08 Å². The lowest BCUT2D eigenvalue weighted by Crippen LogP contribution is -2.26. The molecule has 0 fully saturated rings. The van der Waals surface area contributed by atoms with Gasteiger partial charge >= 0.3 is 0 Å². The molecule has 1 rings (SSSR count). The van der Waals surface area contributed by atoms with Crippen LogP contribution in [0.2, 0.25) is 0 Å². The largest absolute Gasteiger partial charge is 0.491 e. The van der Waals surface area contributed by atoms with Gasteiger partial charge in [-0.3, -0.25) is 4.79 Å². The summed E-state index contributed by atoms with van der Waals surface area (Å²) in [4.78, 5) is 11.3. The normalized spacial score (nSPS) is 20.8. The van der Waals surface area contributed by atoms with Crippen molar-refractivity contribution in [2.24, 2.45) is 5.92 Å². The zero-order chi connectivity index (χ0) is 12.1. The molecule has 0 aromatic rings.